The highest BCUT2D eigenvalue weighted by atomic mass is 16.2. The summed E-state index contributed by atoms with van der Waals surface area (Å²) < 4.78 is 0. The van der Waals surface area contributed by atoms with Gasteiger partial charge in [-0.2, -0.15) is 5.01 Å². The van der Waals surface area contributed by atoms with Crippen molar-refractivity contribution in [1.82, 2.24) is 15.6 Å². The van der Waals surface area contributed by atoms with Crippen LogP contribution in [0.3, 0.4) is 0 Å². The van der Waals surface area contributed by atoms with Gasteiger partial charge in [-0.15, -0.1) is 5.10 Å². The van der Waals surface area contributed by atoms with Crippen LogP contribution < -0.4 is 20.7 Å². The molecule has 2 N–H and O–H groups in total. The molecule has 39 heavy (non-hydrogen) atoms. The molecule has 1 heterocycles. The number of anilines is 2. The van der Waals surface area contributed by atoms with Gasteiger partial charge in [0.2, 0.25) is 5.91 Å². The fraction of sp³-hybridized carbons (Fsp3) is 0.267. The number of nitrogens with one attached hydrogen (secondary N) is 2. The molecule has 202 valence electrons. The van der Waals surface area contributed by atoms with Crippen LogP contribution in [0.15, 0.2) is 90.0 Å². The van der Waals surface area contributed by atoms with E-state index in [0.717, 1.165) is 11.3 Å². The van der Waals surface area contributed by atoms with Crippen LogP contribution in [0.4, 0.5) is 11.4 Å². The third-order valence-electron chi connectivity index (χ3n) is 6.60. The van der Waals surface area contributed by atoms with E-state index in [1.165, 1.54) is 11.9 Å². The lowest BCUT2D eigenvalue weighted by molar-refractivity contribution is -0.129. The second-order valence-corrected chi connectivity index (χ2v) is 9.05. The fourth-order valence-corrected chi connectivity index (χ4v) is 4.78. The maximum Gasteiger partial charge on any atom is 0.303 e. The van der Waals surface area contributed by atoms with Crippen molar-refractivity contribution in [2.45, 2.75) is 39.8 Å². The molecule has 1 atom stereocenters. The van der Waals surface area contributed by atoms with Crippen molar-refractivity contribution in [1.29, 1.82) is 0 Å². The minimum absolute atomic E-state index is 0.00166. The quantitative estimate of drug-likeness (QED) is 0.325. The first-order chi connectivity index (χ1) is 18.9. The number of hydrazine groups is 1. The molecule has 0 saturated heterocycles. The number of carbonyl (C=O) groups excluding carboxylic acids is 3. The average Bonchev–Trinajstić information content (AvgIpc) is 3.23. The van der Waals surface area contributed by atoms with Crippen LogP contribution in [0.1, 0.15) is 43.6 Å². The number of benzene rings is 3. The summed E-state index contributed by atoms with van der Waals surface area (Å²) in [6.45, 7) is 8.37. The first-order valence-corrected chi connectivity index (χ1v) is 13.1. The Balaban J connectivity index is 1.99. The van der Waals surface area contributed by atoms with Gasteiger partial charge < -0.3 is 10.6 Å². The highest BCUT2D eigenvalue weighted by Gasteiger charge is 2.59. The Hall–Kier alpha value is -4.50. The summed E-state index contributed by atoms with van der Waals surface area (Å²) in [5, 5.41) is 15.4. The molecular weight excluding hydrogens is 492 g/mol. The third-order valence-corrected chi connectivity index (χ3v) is 6.60. The molecule has 3 aromatic carbocycles. The van der Waals surface area contributed by atoms with Crippen molar-refractivity contribution in [3.8, 4) is 0 Å². The van der Waals surface area contributed by atoms with E-state index >= 15 is 0 Å². The number of hydrogen-bond donors (Lipinski definition) is 2. The van der Waals surface area contributed by atoms with Crippen molar-refractivity contribution >= 4 is 34.9 Å². The van der Waals surface area contributed by atoms with Gasteiger partial charge >= 0.3 is 5.91 Å². The van der Waals surface area contributed by atoms with E-state index in [4.69, 9.17) is 0 Å². The summed E-state index contributed by atoms with van der Waals surface area (Å²) >= 11 is 0. The highest BCUT2D eigenvalue weighted by Crippen LogP contribution is 2.35. The van der Waals surface area contributed by atoms with Crippen LogP contribution in [0.2, 0.25) is 0 Å². The lowest BCUT2D eigenvalue weighted by Crippen LogP contribution is -2.76. The first kappa shape index (κ1) is 27.5. The van der Waals surface area contributed by atoms with Gasteiger partial charge in [0.25, 0.3) is 11.6 Å². The van der Waals surface area contributed by atoms with Crippen LogP contribution >= 0.6 is 0 Å². The number of hydrogen-bond acceptors (Lipinski definition) is 6. The van der Waals surface area contributed by atoms with Crippen LogP contribution in [0.5, 0.6) is 0 Å². The van der Waals surface area contributed by atoms with Crippen molar-refractivity contribution in [2.24, 2.45) is 5.10 Å². The Bertz CT molecular complexity index is 1360. The summed E-state index contributed by atoms with van der Waals surface area (Å²) in [4.78, 5) is 41.0. The number of amidine groups is 1. The molecule has 0 saturated carbocycles. The maximum absolute atomic E-state index is 14.6. The lowest BCUT2D eigenvalue weighted by atomic mass is 10.0. The zero-order chi connectivity index (χ0) is 28.0. The van der Waals surface area contributed by atoms with Gasteiger partial charge in [0.05, 0.1) is 11.4 Å². The van der Waals surface area contributed by atoms with E-state index < -0.39 is 23.4 Å². The van der Waals surface area contributed by atoms with E-state index in [1.807, 2.05) is 62.2 Å². The number of carbonyl (C=O) groups is 3. The van der Waals surface area contributed by atoms with Gasteiger partial charge in [-0.05, 0) is 42.3 Å². The molecule has 0 aromatic heterocycles. The molecule has 1 unspecified atom stereocenters. The fourth-order valence-electron chi connectivity index (χ4n) is 4.78. The maximum atomic E-state index is 14.6. The zero-order valence-electron chi connectivity index (χ0n) is 22.7. The highest BCUT2D eigenvalue weighted by molar-refractivity contribution is 6.28. The molecule has 4 rings (SSSR count). The third kappa shape index (κ3) is 5.26. The minimum Gasteiger partial charge on any atom is -0.318 e. The first-order valence-electron chi connectivity index (χ1n) is 13.1. The van der Waals surface area contributed by atoms with Gasteiger partial charge in [0.1, 0.15) is 0 Å². The summed E-state index contributed by atoms with van der Waals surface area (Å²) in [5.41, 5.74) is 0.718. The van der Waals surface area contributed by atoms with E-state index in [2.05, 4.69) is 15.7 Å². The molecule has 1 aliphatic rings. The van der Waals surface area contributed by atoms with Crippen molar-refractivity contribution in [3.05, 3.63) is 96.1 Å². The molecule has 0 bridgehead atoms. The van der Waals surface area contributed by atoms with Crippen LogP contribution in [0, 0.1) is 0 Å². The molecular formula is C30H34N6O3. The smallest absolute Gasteiger partial charge is 0.303 e. The number of rotatable bonds is 9. The number of aryl methyl sites for hydroxylation is 1. The van der Waals surface area contributed by atoms with E-state index in [1.54, 1.807) is 53.5 Å². The Kier molecular flexibility index (Phi) is 8.41. The Morgan fingerprint density at radius 1 is 0.872 bits per heavy atom. The molecule has 3 aromatic rings. The predicted molar refractivity (Wildman–Crippen MR) is 153 cm³/mol. The molecule has 0 fully saturated rings. The standard InChI is InChI=1S/C30H34N6O3/c1-5-23-16-14-15-21-26(23)36(34(6-2)7-3)30(32-22(4)37)28(31-27(38)24-17-10-8-11-18-24)33-35(29(30)39)25-19-12-9-13-20-25/h8-21H,5-7H2,1-4H3,(H,32,37)(H,31,33,38). The number of nitrogens with zero attached hydrogens (tertiary/aromatic N) is 4. The molecule has 0 spiro atoms. The summed E-state index contributed by atoms with van der Waals surface area (Å²) in [7, 11) is 0. The van der Waals surface area contributed by atoms with Crippen LogP contribution in [-0.2, 0) is 16.0 Å². The monoisotopic (exact) mass is 526 g/mol. The van der Waals surface area contributed by atoms with Gasteiger partial charge in [0.15, 0.2) is 5.84 Å². The SMILES string of the molecule is CCc1ccccc1N(N(CC)CC)C1(NC(C)=O)C(=O)N(c2ccccc2)N=C1NC(=O)c1ccccc1. The van der Waals surface area contributed by atoms with E-state index in [-0.39, 0.29) is 5.84 Å². The van der Waals surface area contributed by atoms with Crippen molar-refractivity contribution < 1.29 is 14.4 Å². The predicted octanol–water partition coefficient (Wildman–Crippen LogP) is 3.93. The Labute approximate surface area is 229 Å². The number of amides is 3. The topological polar surface area (TPSA) is 97.3 Å². The molecule has 0 aliphatic carbocycles. The molecule has 1 aliphatic heterocycles. The van der Waals surface area contributed by atoms with Crippen LogP contribution in [-0.4, -0.2) is 47.3 Å². The Morgan fingerprint density at radius 3 is 2.05 bits per heavy atom. The van der Waals surface area contributed by atoms with Gasteiger partial charge in [-0.25, -0.2) is 5.01 Å². The Morgan fingerprint density at radius 2 is 1.46 bits per heavy atom. The lowest BCUT2D eigenvalue weighted by Gasteiger charge is -2.47. The van der Waals surface area contributed by atoms with Gasteiger partial charge in [-0.1, -0.05) is 75.4 Å². The summed E-state index contributed by atoms with van der Waals surface area (Å²) in [5.74, 6) is -1.43. The zero-order valence-corrected chi connectivity index (χ0v) is 22.7. The van der Waals surface area contributed by atoms with E-state index in [0.29, 0.717) is 30.8 Å². The second kappa shape index (κ2) is 11.9. The van der Waals surface area contributed by atoms with Crippen molar-refractivity contribution in [2.75, 3.05) is 23.1 Å². The minimum atomic E-state index is -1.87. The largest absolute Gasteiger partial charge is 0.318 e. The van der Waals surface area contributed by atoms with Gasteiger partial charge in [-0.3, -0.25) is 19.4 Å². The summed E-state index contributed by atoms with van der Waals surface area (Å²) in [6.07, 6.45) is 0.684. The summed E-state index contributed by atoms with van der Waals surface area (Å²) in [6, 6.07) is 25.4. The van der Waals surface area contributed by atoms with E-state index in [9.17, 15) is 14.4 Å². The average molecular weight is 527 g/mol. The second-order valence-electron chi connectivity index (χ2n) is 9.05. The number of para-hydroxylation sites is 2. The van der Waals surface area contributed by atoms with Crippen molar-refractivity contribution in [3.63, 3.8) is 0 Å². The van der Waals surface area contributed by atoms with Gasteiger partial charge in [0, 0.05) is 25.6 Å². The molecule has 9 nitrogen and oxygen atoms in total. The normalized spacial score (nSPS) is 16.7. The number of hydrazone groups is 1. The molecule has 9 heteroatoms. The van der Waals surface area contributed by atoms with Crippen LogP contribution in [0.25, 0.3) is 0 Å². The molecule has 3 amide bonds. The molecule has 0 radical (unpaired) electrons.